The molecule has 0 unspecified atom stereocenters. The maximum Gasteiger partial charge on any atom is 0.224 e. The standard InChI is InChI=1S/C17H27N3O/c1-14-4-5-16(12-15(14)2)13-17(21)19-6-3-9-20-10-7-18-8-11-20/h4-5,12,18H,3,6-11,13H2,1-2H3,(H,19,21). The van der Waals surface area contributed by atoms with Crippen LogP contribution >= 0.6 is 0 Å². The van der Waals surface area contributed by atoms with Gasteiger partial charge in [0.15, 0.2) is 0 Å². The number of carbonyl (C=O) groups excluding carboxylic acids is 1. The van der Waals surface area contributed by atoms with E-state index in [1.807, 2.05) is 6.07 Å². The minimum atomic E-state index is 0.124. The Hall–Kier alpha value is -1.39. The van der Waals surface area contributed by atoms with Crippen molar-refractivity contribution in [2.75, 3.05) is 39.3 Å². The number of benzene rings is 1. The number of nitrogens with one attached hydrogen (secondary N) is 2. The van der Waals surface area contributed by atoms with Crippen LogP contribution in [0, 0.1) is 13.8 Å². The minimum absolute atomic E-state index is 0.124. The van der Waals surface area contributed by atoms with Crippen molar-refractivity contribution in [3.8, 4) is 0 Å². The topological polar surface area (TPSA) is 44.4 Å². The van der Waals surface area contributed by atoms with E-state index in [9.17, 15) is 4.79 Å². The molecule has 0 atom stereocenters. The quantitative estimate of drug-likeness (QED) is 0.775. The van der Waals surface area contributed by atoms with Gasteiger partial charge in [0.05, 0.1) is 6.42 Å². The first-order valence-corrected chi connectivity index (χ1v) is 7.91. The highest BCUT2D eigenvalue weighted by atomic mass is 16.1. The number of amides is 1. The fourth-order valence-corrected chi connectivity index (χ4v) is 2.63. The van der Waals surface area contributed by atoms with E-state index in [-0.39, 0.29) is 5.91 Å². The molecule has 2 N–H and O–H groups in total. The van der Waals surface area contributed by atoms with Crippen LogP contribution in [-0.2, 0) is 11.2 Å². The lowest BCUT2D eigenvalue weighted by molar-refractivity contribution is -0.120. The van der Waals surface area contributed by atoms with Crippen LogP contribution in [0.15, 0.2) is 18.2 Å². The number of hydrogen-bond acceptors (Lipinski definition) is 3. The van der Waals surface area contributed by atoms with Crippen molar-refractivity contribution in [2.45, 2.75) is 26.7 Å². The highest BCUT2D eigenvalue weighted by molar-refractivity contribution is 5.78. The Labute approximate surface area is 127 Å². The summed E-state index contributed by atoms with van der Waals surface area (Å²) in [5.41, 5.74) is 3.62. The van der Waals surface area contributed by atoms with Crippen LogP contribution in [0.2, 0.25) is 0 Å². The van der Waals surface area contributed by atoms with Gasteiger partial charge >= 0.3 is 0 Å². The molecular formula is C17H27N3O. The molecule has 116 valence electrons. The van der Waals surface area contributed by atoms with Crippen molar-refractivity contribution in [3.05, 3.63) is 34.9 Å². The predicted octanol–water partition coefficient (Wildman–Crippen LogP) is 1.26. The molecule has 1 aromatic carbocycles. The van der Waals surface area contributed by atoms with Crippen LogP contribution in [0.4, 0.5) is 0 Å². The molecule has 0 saturated carbocycles. The molecule has 4 heteroatoms. The number of rotatable bonds is 6. The van der Waals surface area contributed by atoms with E-state index in [4.69, 9.17) is 0 Å². The summed E-state index contributed by atoms with van der Waals surface area (Å²) in [5, 5.41) is 6.37. The van der Waals surface area contributed by atoms with Crippen LogP contribution in [0.5, 0.6) is 0 Å². The molecule has 1 heterocycles. The first-order chi connectivity index (χ1) is 10.1. The molecule has 21 heavy (non-hydrogen) atoms. The summed E-state index contributed by atoms with van der Waals surface area (Å²) >= 11 is 0. The Kier molecular flexibility index (Phi) is 6.21. The number of aryl methyl sites for hydroxylation is 2. The zero-order valence-electron chi connectivity index (χ0n) is 13.2. The van der Waals surface area contributed by atoms with Gasteiger partial charge in [0.25, 0.3) is 0 Å². The fourth-order valence-electron chi connectivity index (χ4n) is 2.63. The molecule has 0 radical (unpaired) electrons. The second-order valence-electron chi connectivity index (χ2n) is 5.89. The first kappa shape index (κ1) is 16.0. The number of piperazine rings is 1. The lowest BCUT2D eigenvalue weighted by Gasteiger charge is -2.27. The van der Waals surface area contributed by atoms with E-state index in [0.29, 0.717) is 6.42 Å². The Bertz CT molecular complexity index is 467. The van der Waals surface area contributed by atoms with Gasteiger partial charge in [-0.15, -0.1) is 0 Å². The van der Waals surface area contributed by atoms with Gasteiger partial charge in [0, 0.05) is 32.7 Å². The third-order valence-corrected chi connectivity index (χ3v) is 4.12. The molecule has 1 saturated heterocycles. The normalized spacial score (nSPS) is 15.9. The first-order valence-electron chi connectivity index (χ1n) is 7.91. The molecule has 1 amide bonds. The third kappa shape index (κ3) is 5.48. The Morgan fingerprint density at radius 3 is 2.71 bits per heavy atom. The molecule has 1 fully saturated rings. The van der Waals surface area contributed by atoms with E-state index in [2.05, 4.69) is 41.5 Å². The Morgan fingerprint density at radius 1 is 1.24 bits per heavy atom. The molecule has 0 aromatic heterocycles. The average Bonchev–Trinajstić information content (AvgIpc) is 2.49. The highest BCUT2D eigenvalue weighted by Crippen LogP contribution is 2.10. The third-order valence-electron chi connectivity index (χ3n) is 4.12. The Balaban J connectivity index is 1.63. The summed E-state index contributed by atoms with van der Waals surface area (Å²) in [5.74, 6) is 0.124. The zero-order chi connectivity index (χ0) is 15.1. The predicted molar refractivity (Wildman–Crippen MR) is 86.6 cm³/mol. The van der Waals surface area contributed by atoms with E-state index in [1.54, 1.807) is 0 Å². The summed E-state index contributed by atoms with van der Waals surface area (Å²) in [6.07, 6.45) is 1.51. The smallest absolute Gasteiger partial charge is 0.224 e. The molecule has 1 aromatic rings. The lowest BCUT2D eigenvalue weighted by atomic mass is 10.0. The van der Waals surface area contributed by atoms with Gasteiger partial charge in [-0.2, -0.15) is 0 Å². The second-order valence-corrected chi connectivity index (χ2v) is 5.89. The zero-order valence-corrected chi connectivity index (χ0v) is 13.2. The van der Waals surface area contributed by atoms with Crippen molar-refractivity contribution in [3.63, 3.8) is 0 Å². The van der Waals surface area contributed by atoms with Gasteiger partial charge in [-0.1, -0.05) is 18.2 Å². The second kappa shape index (κ2) is 8.15. The maximum absolute atomic E-state index is 11.9. The van der Waals surface area contributed by atoms with Gasteiger partial charge in [0.1, 0.15) is 0 Å². The summed E-state index contributed by atoms with van der Waals surface area (Å²) in [4.78, 5) is 14.4. The van der Waals surface area contributed by atoms with Gasteiger partial charge in [-0.25, -0.2) is 0 Å². The Morgan fingerprint density at radius 2 is 2.00 bits per heavy atom. The summed E-state index contributed by atoms with van der Waals surface area (Å²) in [7, 11) is 0. The van der Waals surface area contributed by atoms with Crippen LogP contribution in [0.1, 0.15) is 23.1 Å². The highest BCUT2D eigenvalue weighted by Gasteiger charge is 2.09. The van der Waals surface area contributed by atoms with Crippen LogP contribution in [-0.4, -0.2) is 50.1 Å². The van der Waals surface area contributed by atoms with E-state index >= 15 is 0 Å². The van der Waals surface area contributed by atoms with Crippen LogP contribution < -0.4 is 10.6 Å². The monoisotopic (exact) mass is 289 g/mol. The molecule has 1 aliphatic rings. The average molecular weight is 289 g/mol. The van der Waals surface area contributed by atoms with E-state index < -0.39 is 0 Å². The lowest BCUT2D eigenvalue weighted by Crippen LogP contribution is -2.44. The molecule has 0 bridgehead atoms. The maximum atomic E-state index is 11.9. The van der Waals surface area contributed by atoms with Crippen LogP contribution in [0.3, 0.4) is 0 Å². The van der Waals surface area contributed by atoms with Gasteiger partial charge in [-0.3, -0.25) is 4.79 Å². The van der Waals surface area contributed by atoms with E-state index in [0.717, 1.165) is 51.3 Å². The molecule has 0 spiro atoms. The van der Waals surface area contributed by atoms with Crippen molar-refractivity contribution in [2.24, 2.45) is 0 Å². The van der Waals surface area contributed by atoms with Crippen molar-refractivity contribution in [1.29, 1.82) is 0 Å². The molecule has 1 aliphatic heterocycles. The van der Waals surface area contributed by atoms with Gasteiger partial charge in [-0.05, 0) is 43.5 Å². The van der Waals surface area contributed by atoms with Gasteiger partial charge in [0.2, 0.25) is 5.91 Å². The van der Waals surface area contributed by atoms with Crippen LogP contribution in [0.25, 0.3) is 0 Å². The molecule has 2 rings (SSSR count). The largest absolute Gasteiger partial charge is 0.356 e. The van der Waals surface area contributed by atoms with Crippen molar-refractivity contribution < 1.29 is 4.79 Å². The SMILES string of the molecule is Cc1ccc(CC(=O)NCCCN2CCNCC2)cc1C. The van der Waals surface area contributed by atoms with Crippen molar-refractivity contribution >= 4 is 5.91 Å². The summed E-state index contributed by atoms with van der Waals surface area (Å²) < 4.78 is 0. The minimum Gasteiger partial charge on any atom is -0.356 e. The van der Waals surface area contributed by atoms with Gasteiger partial charge < -0.3 is 15.5 Å². The summed E-state index contributed by atoms with van der Waals surface area (Å²) in [6.45, 7) is 10.4. The number of hydrogen-bond donors (Lipinski definition) is 2. The molecule has 0 aliphatic carbocycles. The summed E-state index contributed by atoms with van der Waals surface area (Å²) in [6, 6.07) is 6.24. The number of carbonyl (C=O) groups is 1. The fraction of sp³-hybridized carbons (Fsp3) is 0.588. The number of nitrogens with zero attached hydrogens (tertiary/aromatic N) is 1. The van der Waals surface area contributed by atoms with Crippen molar-refractivity contribution in [1.82, 2.24) is 15.5 Å². The molecule has 4 nitrogen and oxygen atoms in total. The molecular weight excluding hydrogens is 262 g/mol. The van der Waals surface area contributed by atoms with E-state index in [1.165, 1.54) is 11.1 Å².